The number of carboxylic acids is 1. The van der Waals surface area contributed by atoms with E-state index >= 15 is 0 Å². The molecule has 1 heterocycles. The van der Waals surface area contributed by atoms with Gasteiger partial charge in [0.25, 0.3) is 11.8 Å². The first-order valence-electron chi connectivity index (χ1n) is 7.29. The molecule has 0 fully saturated rings. The minimum absolute atomic E-state index is 0.0740. The normalized spacial score (nSPS) is 16.0. The molecular formula is C16H18N2O5. The van der Waals surface area contributed by atoms with Crippen LogP contribution in [0.4, 0.5) is 0 Å². The number of nitrogens with zero attached hydrogens (tertiary/aromatic N) is 1. The molecule has 1 aliphatic heterocycles. The SMILES string of the molecule is CC(CC(=O)O)NC(=O)CC(C)N1C(=O)c2ccccc2C1=O. The van der Waals surface area contributed by atoms with E-state index in [4.69, 9.17) is 5.11 Å². The maximum Gasteiger partial charge on any atom is 0.305 e. The van der Waals surface area contributed by atoms with Gasteiger partial charge in [0.05, 0.1) is 17.5 Å². The van der Waals surface area contributed by atoms with Crippen LogP contribution in [0.25, 0.3) is 0 Å². The van der Waals surface area contributed by atoms with E-state index in [0.717, 1.165) is 4.90 Å². The van der Waals surface area contributed by atoms with Gasteiger partial charge in [0.15, 0.2) is 0 Å². The number of benzene rings is 1. The molecule has 2 rings (SSSR count). The van der Waals surface area contributed by atoms with E-state index in [9.17, 15) is 19.2 Å². The zero-order chi connectivity index (χ0) is 17.1. The molecule has 0 bridgehead atoms. The molecule has 2 unspecified atom stereocenters. The van der Waals surface area contributed by atoms with Gasteiger partial charge in [-0.25, -0.2) is 0 Å². The lowest BCUT2D eigenvalue weighted by Gasteiger charge is -2.22. The summed E-state index contributed by atoms with van der Waals surface area (Å²) >= 11 is 0. The molecule has 0 saturated heterocycles. The predicted molar refractivity (Wildman–Crippen MR) is 80.9 cm³/mol. The van der Waals surface area contributed by atoms with Crippen LogP contribution < -0.4 is 5.32 Å². The van der Waals surface area contributed by atoms with E-state index in [1.807, 2.05) is 0 Å². The van der Waals surface area contributed by atoms with Gasteiger partial charge < -0.3 is 10.4 Å². The summed E-state index contributed by atoms with van der Waals surface area (Å²) < 4.78 is 0. The average Bonchev–Trinajstić information content (AvgIpc) is 2.70. The van der Waals surface area contributed by atoms with Crippen LogP contribution in [0.2, 0.25) is 0 Å². The Hall–Kier alpha value is -2.70. The van der Waals surface area contributed by atoms with Gasteiger partial charge in [-0.05, 0) is 26.0 Å². The third kappa shape index (κ3) is 3.56. The number of aliphatic carboxylic acids is 1. The Kier molecular flexibility index (Phi) is 4.78. The van der Waals surface area contributed by atoms with Crippen molar-refractivity contribution in [1.82, 2.24) is 10.2 Å². The van der Waals surface area contributed by atoms with Crippen molar-refractivity contribution >= 4 is 23.7 Å². The lowest BCUT2D eigenvalue weighted by molar-refractivity contribution is -0.137. The maximum absolute atomic E-state index is 12.3. The number of hydrogen-bond donors (Lipinski definition) is 2. The van der Waals surface area contributed by atoms with Crippen molar-refractivity contribution < 1.29 is 24.3 Å². The van der Waals surface area contributed by atoms with Crippen LogP contribution in [0.5, 0.6) is 0 Å². The minimum atomic E-state index is -1.01. The number of amides is 3. The molecule has 2 atom stereocenters. The van der Waals surface area contributed by atoms with Crippen molar-refractivity contribution in [2.75, 3.05) is 0 Å². The summed E-state index contributed by atoms with van der Waals surface area (Å²) in [4.78, 5) is 48.2. The molecule has 122 valence electrons. The van der Waals surface area contributed by atoms with Crippen LogP contribution in [-0.2, 0) is 9.59 Å². The average molecular weight is 318 g/mol. The van der Waals surface area contributed by atoms with Gasteiger partial charge in [-0.15, -0.1) is 0 Å². The van der Waals surface area contributed by atoms with Crippen LogP contribution >= 0.6 is 0 Å². The van der Waals surface area contributed by atoms with Crippen molar-refractivity contribution in [3.8, 4) is 0 Å². The van der Waals surface area contributed by atoms with Gasteiger partial charge in [0, 0.05) is 18.5 Å². The lowest BCUT2D eigenvalue weighted by Crippen LogP contribution is -2.43. The van der Waals surface area contributed by atoms with Crippen LogP contribution in [0, 0.1) is 0 Å². The first-order valence-corrected chi connectivity index (χ1v) is 7.29. The molecule has 1 aromatic rings. The van der Waals surface area contributed by atoms with Crippen LogP contribution in [0.3, 0.4) is 0 Å². The minimum Gasteiger partial charge on any atom is -0.481 e. The second-order valence-corrected chi connectivity index (χ2v) is 5.65. The van der Waals surface area contributed by atoms with Crippen molar-refractivity contribution in [2.24, 2.45) is 0 Å². The van der Waals surface area contributed by atoms with Gasteiger partial charge in [0.2, 0.25) is 5.91 Å². The molecule has 1 aliphatic rings. The number of nitrogens with one attached hydrogen (secondary N) is 1. The molecule has 3 amide bonds. The number of carboxylic acid groups (broad SMARTS) is 1. The topological polar surface area (TPSA) is 104 Å². The third-order valence-corrected chi connectivity index (χ3v) is 3.64. The first kappa shape index (κ1) is 16.7. The smallest absolute Gasteiger partial charge is 0.305 e. The molecule has 0 radical (unpaired) electrons. The highest BCUT2D eigenvalue weighted by Gasteiger charge is 2.38. The van der Waals surface area contributed by atoms with Crippen LogP contribution in [-0.4, -0.2) is 45.8 Å². The molecule has 0 aromatic heterocycles. The second kappa shape index (κ2) is 6.60. The van der Waals surface area contributed by atoms with E-state index in [1.165, 1.54) is 0 Å². The highest BCUT2D eigenvalue weighted by atomic mass is 16.4. The fourth-order valence-electron chi connectivity index (χ4n) is 2.61. The standard InChI is InChI=1S/C16H18N2O5/c1-9(7-14(20)21)17-13(19)8-10(2)18-15(22)11-5-3-4-6-12(11)16(18)23/h3-6,9-10H,7-8H2,1-2H3,(H,17,19)(H,20,21). The molecular weight excluding hydrogens is 300 g/mol. The molecule has 1 aromatic carbocycles. The quantitative estimate of drug-likeness (QED) is 0.763. The zero-order valence-corrected chi connectivity index (χ0v) is 12.9. The number of fused-ring (bicyclic) bond motifs is 1. The number of carbonyl (C=O) groups is 4. The predicted octanol–water partition coefficient (Wildman–Crippen LogP) is 1.04. The third-order valence-electron chi connectivity index (χ3n) is 3.64. The Bertz CT molecular complexity index is 635. The second-order valence-electron chi connectivity index (χ2n) is 5.65. The largest absolute Gasteiger partial charge is 0.481 e. The van der Waals surface area contributed by atoms with Crippen LogP contribution in [0.1, 0.15) is 47.4 Å². The molecule has 7 heteroatoms. The molecule has 7 nitrogen and oxygen atoms in total. The molecule has 0 aliphatic carbocycles. The van der Waals surface area contributed by atoms with Gasteiger partial charge in [-0.3, -0.25) is 24.1 Å². The summed E-state index contributed by atoms with van der Waals surface area (Å²) in [5.41, 5.74) is 0.674. The highest BCUT2D eigenvalue weighted by Crippen LogP contribution is 2.25. The first-order chi connectivity index (χ1) is 10.8. The van der Waals surface area contributed by atoms with Crippen molar-refractivity contribution in [3.05, 3.63) is 35.4 Å². The Morgan fingerprint density at radius 2 is 1.61 bits per heavy atom. The van der Waals surface area contributed by atoms with Gasteiger partial charge >= 0.3 is 5.97 Å². The fourth-order valence-corrected chi connectivity index (χ4v) is 2.61. The highest BCUT2D eigenvalue weighted by molar-refractivity contribution is 6.21. The maximum atomic E-state index is 12.3. The van der Waals surface area contributed by atoms with Crippen molar-refractivity contribution in [2.45, 2.75) is 38.8 Å². The summed E-state index contributed by atoms with van der Waals surface area (Å²) in [5, 5.41) is 11.2. The summed E-state index contributed by atoms with van der Waals surface area (Å²) in [6.45, 7) is 3.20. The summed E-state index contributed by atoms with van der Waals surface area (Å²) in [7, 11) is 0. The van der Waals surface area contributed by atoms with Gasteiger partial charge in [-0.2, -0.15) is 0 Å². The summed E-state index contributed by atoms with van der Waals surface area (Å²) in [6, 6.07) is 5.39. The fraction of sp³-hybridized carbons (Fsp3) is 0.375. The monoisotopic (exact) mass is 318 g/mol. The molecule has 2 N–H and O–H groups in total. The van der Waals surface area contributed by atoms with E-state index in [1.54, 1.807) is 38.1 Å². The molecule has 0 spiro atoms. The van der Waals surface area contributed by atoms with E-state index < -0.39 is 35.8 Å². The zero-order valence-electron chi connectivity index (χ0n) is 12.9. The Morgan fingerprint density at radius 1 is 1.09 bits per heavy atom. The summed E-state index contributed by atoms with van der Waals surface area (Å²) in [6.07, 6.45) is -0.261. The van der Waals surface area contributed by atoms with Crippen LogP contribution in [0.15, 0.2) is 24.3 Å². The Morgan fingerprint density at radius 3 is 2.09 bits per heavy atom. The number of carbonyl (C=O) groups excluding carboxylic acids is 3. The summed E-state index contributed by atoms with van der Waals surface area (Å²) in [5.74, 6) is -2.23. The lowest BCUT2D eigenvalue weighted by atomic mass is 10.1. The number of rotatable bonds is 6. The Labute approximate surface area is 133 Å². The Balaban J connectivity index is 2.01. The molecule has 0 saturated carbocycles. The number of imide groups is 1. The van der Waals surface area contributed by atoms with Gasteiger partial charge in [0.1, 0.15) is 0 Å². The van der Waals surface area contributed by atoms with Crippen molar-refractivity contribution in [3.63, 3.8) is 0 Å². The van der Waals surface area contributed by atoms with E-state index in [2.05, 4.69) is 5.32 Å². The van der Waals surface area contributed by atoms with E-state index in [-0.39, 0.29) is 12.8 Å². The molecule has 23 heavy (non-hydrogen) atoms. The van der Waals surface area contributed by atoms with Gasteiger partial charge in [-0.1, -0.05) is 12.1 Å². The number of hydrogen-bond acceptors (Lipinski definition) is 4. The van der Waals surface area contributed by atoms with E-state index in [0.29, 0.717) is 11.1 Å². The van der Waals surface area contributed by atoms with Crippen molar-refractivity contribution in [1.29, 1.82) is 0 Å².